The van der Waals surface area contributed by atoms with Crippen LogP contribution >= 0.6 is 0 Å². The average Bonchev–Trinajstić information content (AvgIpc) is 3.04. The molecule has 8 heteroatoms. The number of nitrogens with zero attached hydrogens (tertiary/aromatic N) is 4. The van der Waals surface area contributed by atoms with Gasteiger partial charge in [-0.3, -0.25) is 9.48 Å². The Bertz CT molecular complexity index is 701. The van der Waals surface area contributed by atoms with Crippen molar-refractivity contribution in [1.29, 1.82) is 0 Å². The van der Waals surface area contributed by atoms with Crippen molar-refractivity contribution in [3.63, 3.8) is 0 Å². The number of aryl methyl sites for hydroxylation is 1. The van der Waals surface area contributed by atoms with Gasteiger partial charge >= 0.3 is 5.97 Å². The molecule has 1 atom stereocenters. The van der Waals surface area contributed by atoms with Crippen LogP contribution in [0.4, 0.5) is 5.82 Å². The summed E-state index contributed by atoms with van der Waals surface area (Å²) in [6, 6.07) is 2.62. The SMILES string of the molecule is Cc1cc(NC(=O)C(C)n2ccc(C(=O)O)n2)n(C(C)C)n1. The molecule has 22 heavy (non-hydrogen) atoms. The first-order chi connectivity index (χ1) is 10.3. The Labute approximate surface area is 127 Å². The number of nitrogens with one attached hydrogen (secondary N) is 1. The van der Waals surface area contributed by atoms with E-state index in [1.54, 1.807) is 17.7 Å². The summed E-state index contributed by atoms with van der Waals surface area (Å²) in [5.41, 5.74) is 0.714. The molecule has 0 aliphatic rings. The molecular weight excluding hydrogens is 286 g/mol. The van der Waals surface area contributed by atoms with E-state index < -0.39 is 12.0 Å². The summed E-state index contributed by atoms with van der Waals surface area (Å²) in [4.78, 5) is 23.1. The molecule has 0 radical (unpaired) electrons. The van der Waals surface area contributed by atoms with Crippen LogP contribution in [-0.4, -0.2) is 36.5 Å². The smallest absolute Gasteiger partial charge is 0.356 e. The molecule has 0 saturated carbocycles. The van der Waals surface area contributed by atoms with Gasteiger partial charge < -0.3 is 10.4 Å². The zero-order valence-corrected chi connectivity index (χ0v) is 12.9. The number of rotatable bonds is 5. The standard InChI is InChI=1S/C14H19N5O3/c1-8(2)19-12(7-9(3)16-19)15-13(20)10(4)18-6-5-11(17-18)14(21)22/h5-8,10H,1-4H3,(H,15,20)(H,21,22). The second kappa shape index (κ2) is 6.00. The predicted molar refractivity (Wildman–Crippen MR) is 79.9 cm³/mol. The first kappa shape index (κ1) is 15.7. The second-order valence-electron chi connectivity index (χ2n) is 5.36. The lowest BCUT2D eigenvalue weighted by Crippen LogP contribution is -2.26. The molecule has 0 saturated heterocycles. The largest absolute Gasteiger partial charge is 0.476 e. The van der Waals surface area contributed by atoms with Crippen LogP contribution in [0.5, 0.6) is 0 Å². The van der Waals surface area contributed by atoms with E-state index in [2.05, 4.69) is 15.5 Å². The van der Waals surface area contributed by atoms with Crippen LogP contribution < -0.4 is 5.32 Å². The Morgan fingerprint density at radius 2 is 1.95 bits per heavy atom. The molecule has 0 bridgehead atoms. The lowest BCUT2D eigenvalue weighted by molar-refractivity contribution is -0.119. The Morgan fingerprint density at radius 1 is 1.27 bits per heavy atom. The predicted octanol–water partition coefficient (Wildman–Crippen LogP) is 1.87. The van der Waals surface area contributed by atoms with Gasteiger partial charge in [0.05, 0.1) is 5.69 Å². The van der Waals surface area contributed by atoms with Crippen molar-refractivity contribution in [3.8, 4) is 0 Å². The highest BCUT2D eigenvalue weighted by molar-refractivity contribution is 5.93. The number of anilines is 1. The molecule has 118 valence electrons. The van der Waals surface area contributed by atoms with Gasteiger partial charge in [-0.1, -0.05) is 0 Å². The van der Waals surface area contributed by atoms with Crippen molar-refractivity contribution in [1.82, 2.24) is 19.6 Å². The number of hydrogen-bond acceptors (Lipinski definition) is 4. The number of carbonyl (C=O) groups excluding carboxylic acids is 1. The molecule has 8 nitrogen and oxygen atoms in total. The first-order valence-corrected chi connectivity index (χ1v) is 6.95. The van der Waals surface area contributed by atoms with Gasteiger partial charge in [-0.2, -0.15) is 10.2 Å². The molecule has 2 rings (SSSR count). The Kier molecular flexibility index (Phi) is 4.30. The van der Waals surface area contributed by atoms with Gasteiger partial charge in [-0.25, -0.2) is 9.48 Å². The van der Waals surface area contributed by atoms with Crippen LogP contribution in [-0.2, 0) is 4.79 Å². The van der Waals surface area contributed by atoms with E-state index in [1.807, 2.05) is 20.8 Å². The summed E-state index contributed by atoms with van der Waals surface area (Å²) in [5.74, 6) is -0.809. The number of aromatic carboxylic acids is 1. The molecule has 0 aliphatic carbocycles. The van der Waals surface area contributed by atoms with E-state index in [1.165, 1.54) is 16.9 Å². The molecule has 1 unspecified atom stereocenters. The minimum Gasteiger partial charge on any atom is -0.476 e. The van der Waals surface area contributed by atoms with Crippen LogP contribution in [0.15, 0.2) is 18.3 Å². The summed E-state index contributed by atoms with van der Waals surface area (Å²) < 4.78 is 3.05. The fourth-order valence-corrected chi connectivity index (χ4v) is 2.02. The number of carbonyl (C=O) groups is 2. The van der Waals surface area contributed by atoms with Crippen LogP contribution in [0.25, 0.3) is 0 Å². The molecule has 0 aromatic carbocycles. The minimum atomic E-state index is -1.13. The highest BCUT2D eigenvalue weighted by atomic mass is 16.4. The third-order valence-electron chi connectivity index (χ3n) is 3.20. The maximum absolute atomic E-state index is 12.3. The summed E-state index contributed by atoms with van der Waals surface area (Å²) in [6.45, 7) is 7.44. The molecular formula is C14H19N5O3. The maximum Gasteiger partial charge on any atom is 0.356 e. The van der Waals surface area contributed by atoms with Crippen LogP contribution in [0, 0.1) is 6.92 Å². The van der Waals surface area contributed by atoms with E-state index in [9.17, 15) is 9.59 Å². The highest BCUT2D eigenvalue weighted by Crippen LogP contribution is 2.17. The van der Waals surface area contributed by atoms with Crippen molar-refractivity contribution in [2.45, 2.75) is 39.8 Å². The molecule has 2 aromatic heterocycles. The Morgan fingerprint density at radius 3 is 2.50 bits per heavy atom. The third kappa shape index (κ3) is 3.16. The molecule has 2 aromatic rings. The fourth-order valence-electron chi connectivity index (χ4n) is 2.02. The van der Waals surface area contributed by atoms with Crippen molar-refractivity contribution in [2.24, 2.45) is 0 Å². The van der Waals surface area contributed by atoms with Crippen molar-refractivity contribution >= 4 is 17.7 Å². The zero-order chi connectivity index (χ0) is 16.4. The molecule has 0 spiro atoms. The summed E-state index contributed by atoms with van der Waals surface area (Å²) in [6.07, 6.45) is 1.47. The van der Waals surface area contributed by atoms with Gasteiger partial charge in [-0.05, 0) is 33.8 Å². The van der Waals surface area contributed by atoms with Crippen molar-refractivity contribution < 1.29 is 14.7 Å². The third-order valence-corrected chi connectivity index (χ3v) is 3.20. The second-order valence-corrected chi connectivity index (χ2v) is 5.36. The van der Waals surface area contributed by atoms with E-state index in [0.29, 0.717) is 5.82 Å². The minimum absolute atomic E-state index is 0.0947. The van der Waals surface area contributed by atoms with Gasteiger partial charge in [0, 0.05) is 18.3 Å². The number of amides is 1. The van der Waals surface area contributed by atoms with Crippen molar-refractivity contribution in [2.75, 3.05) is 5.32 Å². The lowest BCUT2D eigenvalue weighted by Gasteiger charge is -2.15. The van der Waals surface area contributed by atoms with Crippen LogP contribution in [0.1, 0.15) is 49.0 Å². The summed E-state index contributed by atoms with van der Waals surface area (Å²) >= 11 is 0. The number of hydrogen-bond donors (Lipinski definition) is 2. The number of carboxylic acid groups (broad SMARTS) is 1. The van der Waals surface area contributed by atoms with Crippen LogP contribution in [0.2, 0.25) is 0 Å². The number of aromatic nitrogens is 4. The monoisotopic (exact) mass is 305 g/mol. The average molecular weight is 305 g/mol. The molecule has 1 amide bonds. The molecule has 0 aliphatic heterocycles. The lowest BCUT2D eigenvalue weighted by atomic mass is 10.3. The van der Waals surface area contributed by atoms with E-state index in [-0.39, 0.29) is 17.6 Å². The highest BCUT2D eigenvalue weighted by Gasteiger charge is 2.20. The van der Waals surface area contributed by atoms with Crippen molar-refractivity contribution in [3.05, 3.63) is 29.7 Å². The summed E-state index contributed by atoms with van der Waals surface area (Å²) in [7, 11) is 0. The zero-order valence-electron chi connectivity index (χ0n) is 12.9. The van der Waals surface area contributed by atoms with Gasteiger partial charge in [-0.15, -0.1) is 0 Å². The fraction of sp³-hybridized carbons (Fsp3) is 0.429. The van der Waals surface area contributed by atoms with Gasteiger partial charge in [0.25, 0.3) is 0 Å². The molecule has 0 fully saturated rings. The quantitative estimate of drug-likeness (QED) is 0.878. The maximum atomic E-state index is 12.3. The normalized spacial score (nSPS) is 12.4. The van der Waals surface area contributed by atoms with Gasteiger partial charge in [0.2, 0.25) is 5.91 Å². The van der Waals surface area contributed by atoms with Gasteiger partial charge in [0.1, 0.15) is 11.9 Å². The number of carboxylic acids is 1. The van der Waals surface area contributed by atoms with E-state index in [4.69, 9.17) is 5.11 Å². The van der Waals surface area contributed by atoms with E-state index >= 15 is 0 Å². The molecule has 2 N–H and O–H groups in total. The van der Waals surface area contributed by atoms with E-state index in [0.717, 1.165) is 5.69 Å². The topological polar surface area (TPSA) is 102 Å². The first-order valence-electron chi connectivity index (χ1n) is 6.95. The summed E-state index contributed by atoms with van der Waals surface area (Å²) in [5, 5.41) is 19.9. The Balaban J connectivity index is 2.16. The van der Waals surface area contributed by atoms with Crippen LogP contribution in [0.3, 0.4) is 0 Å². The van der Waals surface area contributed by atoms with Gasteiger partial charge in [0.15, 0.2) is 5.69 Å². The molecule has 2 heterocycles. The Hall–Kier alpha value is -2.64.